The molecule has 30 heavy (non-hydrogen) atoms. The van der Waals surface area contributed by atoms with Gasteiger partial charge < -0.3 is 15.4 Å². The number of rotatable bonds is 4. The molecule has 9 heteroatoms. The Morgan fingerprint density at radius 2 is 1.63 bits per heavy atom. The van der Waals surface area contributed by atoms with Crippen LogP contribution in [0.25, 0.3) is 0 Å². The number of hydrogen-bond acceptors (Lipinski definition) is 5. The highest BCUT2D eigenvalue weighted by molar-refractivity contribution is 7.92. The maximum Gasteiger partial charge on any atom is 0.261 e. The minimum Gasteiger partial charge on any atom is -0.454 e. The van der Waals surface area contributed by atoms with E-state index in [9.17, 15) is 18.0 Å². The Balaban J connectivity index is 1.59. The first-order valence-corrected chi connectivity index (χ1v) is 10.4. The van der Waals surface area contributed by atoms with Crippen LogP contribution in [0.1, 0.15) is 17.3 Å². The molecule has 8 nitrogen and oxygen atoms in total. The second-order valence-corrected chi connectivity index (χ2v) is 8.26. The fourth-order valence-corrected chi connectivity index (χ4v) is 4.01. The Labute approximate surface area is 172 Å². The SMILES string of the molecule is CC(=O)Nc1ccc(S(=O)(=O)Nc2ccc3c(c2)C(=O)Nc2ccccc2O3)cc1. The summed E-state index contributed by atoms with van der Waals surface area (Å²) in [7, 11) is -3.90. The van der Waals surface area contributed by atoms with Gasteiger partial charge in [0.25, 0.3) is 15.9 Å². The zero-order valence-electron chi connectivity index (χ0n) is 15.8. The second-order valence-electron chi connectivity index (χ2n) is 6.57. The maximum absolute atomic E-state index is 12.7. The Hall–Kier alpha value is -3.85. The molecule has 0 fully saturated rings. The van der Waals surface area contributed by atoms with Crippen LogP contribution in [0.3, 0.4) is 0 Å². The van der Waals surface area contributed by atoms with E-state index in [4.69, 9.17) is 4.74 Å². The summed E-state index contributed by atoms with van der Waals surface area (Å²) in [5.41, 5.74) is 1.43. The van der Waals surface area contributed by atoms with Gasteiger partial charge in [-0.2, -0.15) is 0 Å². The number of sulfonamides is 1. The third-order valence-electron chi connectivity index (χ3n) is 4.32. The van der Waals surface area contributed by atoms with E-state index in [-0.39, 0.29) is 22.1 Å². The lowest BCUT2D eigenvalue weighted by atomic mass is 10.1. The number of hydrogen-bond donors (Lipinski definition) is 3. The smallest absolute Gasteiger partial charge is 0.261 e. The van der Waals surface area contributed by atoms with Gasteiger partial charge in [0.15, 0.2) is 5.75 Å². The van der Waals surface area contributed by atoms with E-state index >= 15 is 0 Å². The zero-order chi connectivity index (χ0) is 21.3. The number of amides is 2. The molecule has 0 saturated carbocycles. The molecular weight excluding hydrogens is 406 g/mol. The summed E-state index contributed by atoms with van der Waals surface area (Å²) in [4.78, 5) is 23.7. The highest BCUT2D eigenvalue weighted by Crippen LogP contribution is 2.36. The van der Waals surface area contributed by atoms with E-state index in [1.54, 1.807) is 24.3 Å². The second kappa shape index (κ2) is 7.53. The lowest BCUT2D eigenvalue weighted by Gasteiger charge is -2.11. The molecule has 4 rings (SSSR count). The molecule has 3 N–H and O–H groups in total. The molecule has 0 atom stereocenters. The number of carbonyl (C=O) groups is 2. The molecule has 0 radical (unpaired) electrons. The van der Waals surface area contributed by atoms with E-state index in [2.05, 4.69) is 15.4 Å². The van der Waals surface area contributed by atoms with Crippen molar-refractivity contribution in [3.63, 3.8) is 0 Å². The summed E-state index contributed by atoms with van der Waals surface area (Å²) in [6.07, 6.45) is 0. The van der Waals surface area contributed by atoms with E-state index in [1.807, 2.05) is 0 Å². The molecular formula is C21H17N3O5S. The van der Waals surface area contributed by atoms with Gasteiger partial charge in [-0.25, -0.2) is 8.42 Å². The highest BCUT2D eigenvalue weighted by atomic mass is 32.2. The van der Waals surface area contributed by atoms with Crippen molar-refractivity contribution in [1.29, 1.82) is 0 Å². The molecule has 1 aliphatic heterocycles. The van der Waals surface area contributed by atoms with E-state index in [1.165, 1.54) is 49.4 Å². The number of ether oxygens (including phenoxy) is 1. The van der Waals surface area contributed by atoms with Gasteiger partial charge in [0.1, 0.15) is 5.75 Å². The summed E-state index contributed by atoms with van der Waals surface area (Å²) >= 11 is 0. The molecule has 0 aromatic heterocycles. The number of para-hydroxylation sites is 2. The molecule has 1 heterocycles. The third kappa shape index (κ3) is 3.96. The lowest BCUT2D eigenvalue weighted by Crippen LogP contribution is -2.15. The van der Waals surface area contributed by atoms with Crippen molar-refractivity contribution in [1.82, 2.24) is 0 Å². The van der Waals surface area contributed by atoms with Crippen molar-refractivity contribution < 1.29 is 22.7 Å². The van der Waals surface area contributed by atoms with Gasteiger partial charge in [0, 0.05) is 18.3 Å². The molecule has 2 amide bonds. The Morgan fingerprint density at radius 3 is 2.37 bits per heavy atom. The molecule has 3 aromatic rings. The van der Waals surface area contributed by atoms with Crippen LogP contribution < -0.4 is 20.1 Å². The van der Waals surface area contributed by atoms with Crippen LogP contribution in [0.15, 0.2) is 71.6 Å². The number of nitrogens with one attached hydrogen (secondary N) is 3. The molecule has 0 bridgehead atoms. The first-order valence-electron chi connectivity index (χ1n) is 8.94. The van der Waals surface area contributed by atoms with Gasteiger partial charge in [0.05, 0.1) is 16.1 Å². The standard InChI is InChI=1S/C21H17N3O5S/c1-13(25)22-14-6-9-16(10-7-14)30(27,28)24-15-8-11-19-17(12-15)21(26)23-18-4-2-3-5-20(18)29-19/h2-12,24H,1H3,(H,22,25)(H,23,26). The topological polar surface area (TPSA) is 114 Å². The Kier molecular flexibility index (Phi) is 4.88. The molecule has 152 valence electrons. The van der Waals surface area contributed by atoms with Crippen LogP contribution >= 0.6 is 0 Å². The van der Waals surface area contributed by atoms with Crippen LogP contribution in [0.2, 0.25) is 0 Å². The zero-order valence-corrected chi connectivity index (χ0v) is 16.6. The van der Waals surface area contributed by atoms with Gasteiger partial charge in [-0.15, -0.1) is 0 Å². The van der Waals surface area contributed by atoms with Crippen molar-refractivity contribution in [2.45, 2.75) is 11.8 Å². The predicted octanol–water partition coefficient (Wildman–Crippen LogP) is 3.80. The maximum atomic E-state index is 12.7. The first-order chi connectivity index (χ1) is 14.3. The molecule has 0 aliphatic carbocycles. The molecule has 0 spiro atoms. The summed E-state index contributed by atoms with van der Waals surface area (Å²) in [6, 6.07) is 17.2. The van der Waals surface area contributed by atoms with Crippen molar-refractivity contribution in [3.05, 3.63) is 72.3 Å². The van der Waals surface area contributed by atoms with Crippen LogP contribution in [-0.4, -0.2) is 20.2 Å². The van der Waals surface area contributed by atoms with Gasteiger partial charge in [-0.1, -0.05) is 12.1 Å². The van der Waals surface area contributed by atoms with Crippen LogP contribution in [-0.2, 0) is 14.8 Å². The minimum atomic E-state index is -3.90. The normalized spacial score (nSPS) is 12.5. The van der Waals surface area contributed by atoms with E-state index in [0.717, 1.165) is 0 Å². The highest BCUT2D eigenvalue weighted by Gasteiger charge is 2.22. The number of carbonyl (C=O) groups excluding carboxylic acids is 2. The van der Waals surface area contributed by atoms with Crippen LogP contribution in [0, 0.1) is 0 Å². The van der Waals surface area contributed by atoms with E-state index in [0.29, 0.717) is 22.9 Å². The molecule has 1 aliphatic rings. The monoisotopic (exact) mass is 423 g/mol. The fourth-order valence-electron chi connectivity index (χ4n) is 2.96. The van der Waals surface area contributed by atoms with Crippen molar-refractivity contribution in [2.75, 3.05) is 15.4 Å². The van der Waals surface area contributed by atoms with Crippen molar-refractivity contribution in [2.24, 2.45) is 0 Å². The average molecular weight is 423 g/mol. The summed E-state index contributed by atoms with van der Waals surface area (Å²) in [5, 5.41) is 5.32. The predicted molar refractivity (Wildman–Crippen MR) is 112 cm³/mol. The van der Waals surface area contributed by atoms with Gasteiger partial charge in [-0.05, 0) is 54.6 Å². The molecule has 0 unspecified atom stereocenters. The largest absolute Gasteiger partial charge is 0.454 e. The average Bonchev–Trinajstić information content (AvgIpc) is 2.83. The summed E-state index contributed by atoms with van der Waals surface area (Å²) < 4.78 is 33.7. The van der Waals surface area contributed by atoms with Gasteiger partial charge >= 0.3 is 0 Å². The fraction of sp³-hybridized carbons (Fsp3) is 0.0476. The first kappa shape index (κ1) is 19.5. The number of fused-ring (bicyclic) bond motifs is 2. The third-order valence-corrected chi connectivity index (χ3v) is 5.71. The van der Waals surface area contributed by atoms with Crippen LogP contribution in [0.4, 0.5) is 17.1 Å². The molecule has 0 saturated heterocycles. The Morgan fingerprint density at radius 1 is 0.933 bits per heavy atom. The number of anilines is 3. The number of benzene rings is 3. The Bertz CT molecular complexity index is 1250. The minimum absolute atomic E-state index is 0.0136. The summed E-state index contributed by atoms with van der Waals surface area (Å²) in [6.45, 7) is 1.36. The van der Waals surface area contributed by atoms with E-state index < -0.39 is 15.9 Å². The van der Waals surface area contributed by atoms with Crippen molar-refractivity contribution >= 4 is 38.9 Å². The van der Waals surface area contributed by atoms with Crippen molar-refractivity contribution in [3.8, 4) is 11.5 Å². The molecule has 3 aromatic carbocycles. The van der Waals surface area contributed by atoms with Gasteiger partial charge in [0.2, 0.25) is 5.91 Å². The van der Waals surface area contributed by atoms with Crippen LogP contribution in [0.5, 0.6) is 11.5 Å². The van der Waals surface area contributed by atoms with Gasteiger partial charge in [-0.3, -0.25) is 14.3 Å². The quantitative estimate of drug-likeness (QED) is 0.591. The summed E-state index contributed by atoms with van der Waals surface area (Å²) in [5.74, 6) is 0.157. The lowest BCUT2D eigenvalue weighted by molar-refractivity contribution is -0.114.